The average Bonchev–Trinajstić information content (AvgIpc) is 2.78. The van der Waals surface area contributed by atoms with E-state index in [9.17, 15) is 4.79 Å². The third-order valence-electron chi connectivity index (χ3n) is 2.89. The summed E-state index contributed by atoms with van der Waals surface area (Å²) in [5, 5.41) is 0. The molecule has 2 aromatic heterocycles. The maximum absolute atomic E-state index is 11.7. The number of hydrogen-bond acceptors (Lipinski definition) is 3. The first-order chi connectivity index (χ1) is 8.34. The van der Waals surface area contributed by atoms with Crippen LogP contribution in [0.5, 0.6) is 0 Å². The van der Waals surface area contributed by atoms with E-state index in [1.165, 1.54) is 0 Å². The standard InChI is InChI=1S/C13H19N3O2/c1-6-18-11(17)9-7-16-8-10(13(2,3)4)14-12(16)15(9)5/h7-8H,6H2,1-5H3. The Morgan fingerprint density at radius 1 is 1.39 bits per heavy atom. The molecule has 98 valence electrons. The lowest BCUT2D eigenvalue weighted by Crippen LogP contribution is -2.13. The van der Waals surface area contributed by atoms with Crippen molar-refractivity contribution in [2.24, 2.45) is 7.05 Å². The van der Waals surface area contributed by atoms with Crippen LogP contribution in [0.4, 0.5) is 0 Å². The first-order valence-electron chi connectivity index (χ1n) is 6.06. The molecular formula is C13H19N3O2. The lowest BCUT2D eigenvalue weighted by atomic mass is 9.93. The van der Waals surface area contributed by atoms with Crippen LogP contribution in [0.3, 0.4) is 0 Å². The van der Waals surface area contributed by atoms with E-state index >= 15 is 0 Å². The zero-order chi connectivity index (χ0) is 13.5. The van der Waals surface area contributed by atoms with Crippen LogP contribution in [0.2, 0.25) is 0 Å². The molecule has 0 spiro atoms. The number of esters is 1. The van der Waals surface area contributed by atoms with Gasteiger partial charge in [0, 0.05) is 24.9 Å². The van der Waals surface area contributed by atoms with Crippen molar-refractivity contribution in [2.75, 3.05) is 6.61 Å². The highest BCUT2D eigenvalue weighted by Crippen LogP contribution is 2.22. The highest BCUT2D eigenvalue weighted by atomic mass is 16.5. The first kappa shape index (κ1) is 12.7. The van der Waals surface area contributed by atoms with Crippen LogP contribution in [0.25, 0.3) is 5.78 Å². The van der Waals surface area contributed by atoms with Crippen molar-refractivity contribution in [3.05, 3.63) is 23.8 Å². The highest BCUT2D eigenvalue weighted by molar-refractivity contribution is 5.88. The number of fused-ring (bicyclic) bond motifs is 1. The Hall–Kier alpha value is -1.78. The molecule has 0 amide bonds. The summed E-state index contributed by atoms with van der Waals surface area (Å²) in [6.07, 6.45) is 3.72. The van der Waals surface area contributed by atoms with E-state index < -0.39 is 0 Å². The fourth-order valence-electron chi connectivity index (χ4n) is 1.81. The largest absolute Gasteiger partial charge is 0.461 e. The zero-order valence-corrected chi connectivity index (χ0v) is 11.5. The molecule has 2 rings (SSSR count). The molecule has 0 N–H and O–H groups in total. The van der Waals surface area contributed by atoms with Crippen LogP contribution in [-0.4, -0.2) is 26.5 Å². The lowest BCUT2D eigenvalue weighted by Gasteiger charge is -2.14. The molecule has 0 bridgehead atoms. The molecule has 2 aromatic rings. The summed E-state index contributed by atoms with van der Waals surface area (Å²) >= 11 is 0. The van der Waals surface area contributed by atoms with E-state index in [4.69, 9.17) is 4.74 Å². The normalized spacial score (nSPS) is 12.1. The van der Waals surface area contributed by atoms with E-state index in [1.54, 1.807) is 17.7 Å². The zero-order valence-electron chi connectivity index (χ0n) is 11.5. The van der Waals surface area contributed by atoms with Gasteiger partial charge in [-0.3, -0.25) is 4.40 Å². The predicted octanol–water partition coefficient (Wildman–Crippen LogP) is 2.15. The molecule has 5 heteroatoms. The van der Waals surface area contributed by atoms with Gasteiger partial charge in [-0.1, -0.05) is 20.8 Å². The fourth-order valence-corrected chi connectivity index (χ4v) is 1.81. The summed E-state index contributed by atoms with van der Waals surface area (Å²) in [4.78, 5) is 16.3. The van der Waals surface area contributed by atoms with E-state index in [0.717, 1.165) is 11.5 Å². The van der Waals surface area contributed by atoms with Crippen molar-refractivity contribution < 1.29 is 9.53 Å². The van der Waals surface area contributed by atoms with Crippen LogP contribution in [0, 0.1) is 0 Å². The van der Waals surface area contributed by atoms with Crippen molar-refractivity contribution in [3.8, 4) is 0 Å². The van der Waals surface area contributed by atoms with Gasteiger partial charge in [-0.15, -0.1) is 0 Å². The van der Waals surface area contributed by atoms with Crippen LogP contribution in [0.15, 0.2) is 12.4 Å². The molecular weight excluding hydrogens is 230 g/mol. The Morgan fingerprint density at radius 2 is 2.06 bits per heavy atom. The molecule has 0 saturated heterocycles. The summed E-state index contributed by atoms with van der Waals surface area (Å²) in [5.41, 5.74) is 1.51. The maximum Gasteiger partial charge on any atom is 0.356 e. The minimum absolute atomic E-state index is 0.00386. The summed E-state index contributed by atoms with van der Waals surface area (Å²) in [5.74, 6) is 0.436. The van der Waals surface area contributed by atoms with Gasteiger partial charge in [0.25, 0.3) is 0 Å². The number of carbonyl (C=O) groups is 1. The number of rotatable bonds is 2. The molecule has 5 nitrogen and oxygen atoms in total. The minimum atomic E-state index is -0.317. The van der Waals surface area contributed by atoms with E-state index in [-0.39, 0.29) is 11.4 Å². The molecule has 0 aliphatic rings. The second kappa shape index (κ2) is 4.15. The fraction of sp³-hybridized carbons (Fsp3) is 0.538. The van der Waals surface area contributed by atoms with Gasteiger partial charge in [-0.2, -0.15) is 0 Å². The molecule has 0 radical (unpaired) electrons. The molecule has 0 saturated carbocycles. The molecule has 0 aliphatic heterocycles. The quantitative estimate of drug-likeness (QED) is 0.766. The van der Waals surface area contributed by atoms with Crippen molar-refractivity contribution in [1.29, 1.82) is 0 Å². The molecule has 18 heavy (non-hydrogen) atoms. The number of nitrogens with zero attached hydrogens (tertiary/aromatic N) is 3. The number of carbonyl (C=O) groups excluding carboxylic acids is 1. The van der Waals surface area contributed by atoms with Gasteiger partial charge in [0.15, 0.2) is 0 Å². The topological polar surface area (TPSA) is 48.5 Å². The Kier molecular flexibility index (Phi) is 2.92. The van der Waals surface area contributed by atoms with Crippen molar-refractivity contribution >= 4 is 11.7 Å². The van der Waals surface area contributed by atoms with E-state index in [0.29, 0.717) is 12.3 Å². The second-order valence-corrected chi connectivity index (χ2v) is 5.38. The number of aromatic nitrogens is 3. The van der Waals surface area contributed by atoms with Gasteiger partial charge >= 0.3 is 5.97 Å². The maximum atomic E-state index is 11.7. The van der Waals surface area contributed by atoms with Crippen LogP contribution < -0.4 is 0 Å². The molecule has 0 aliphatic carbocycles. The van der Waals surface area contributed by atoms with Gasteiger partial charge in [0.2, 0.25) is 5.78 Å². The van der Waals surface area contributed by atoms with Crippen molar-refractivity contribution in [1.82, 2.24) is 14.0 Å². The Morgan fingerprint density at radius 3 is 2.56 bits per heavy atom. The van der Waals surface area contributed by atoms with E-state index in [1.807, 2.05) is 17.6 Å². The second-order valence-electron chi connectivity index (χ2n) is 5.38. The smallest absolute Gasteiger partial charge is 0.356 e. The SMILES string of the molecule is CCOC(=O)c1cn2cc(C(C)(C)C)nc2n1C. The Balaban J connectivity index is 2.48. The highest BCUT2D eigenvalue weighted by Gasteiger charge is 2.21. The van der Waals surface area contributed by atoms with Crippen LogP contribution >= 0.6 is 0 Å². The lowest BCUT2D eigenvalue weighted by molar-refractivity contribution is 0.0515. The number of aryl methyl sites for hydroxylation is 1. The minimum Gasteiger partial charge on any atom is -0.461 e. The monoisotopic (exact) mass is 249 g/mol. The number of imidazole rings is 2. The Labute approximate surface area is 106 Å². The molecule has 0 aromatic carbocycles. The molecule has 0 unspecified atom stereocenters. The van der Waals surface area contributed by atoms with Crippen LogP contribution in [0.1, 0.15) is 43.9 Å². The van der Waals surface area contributed by atoms with Gasteiger partial charge in [-0.25, -0.2) is 9.78 Å². The Bertz CT molecular complexity index is 587. The first-order valence-corrected chi connectivity index (χ1v) is 6.06. The van der Waals surface area contributed by atoms with E-state index in [2.05, 4.69) is 25.8 Å². The van der Waals surface area contributed by atoms with Gasteiger partial charge in [0.1, 0.15) is 5.69 Å². The van der Waals surface area contributed by atoms with Crippen LogP contribution in [-0.2, 0) is 17.2 Å². The van der Waals surface area contributed by atoms with Crippen molar-refractivity contribution in [2.45, 2.75) is 33.1 Å². The third kappa shape index (κ3) is 2.00. The number of ether oxygens (including phenoxy) is 1. The summed E-state index contributed by atoms with van der Waals surface area (Å²) < 4.78 is 8.63. The van der Waals surface area contributed by atoms with Gasteiger partial charge in [0.05, 0.1) is 12.3 Å². The third-order valence-corrected chi connectivity index (χ3v) is 2.89. The predicted molar refractivity (Wildman–Crippen MR) is 68.8 cm³/mol. The summed E-state index contributed by atoms with van der Waals surface area (Å²) in [7, 11) is 1.82. The number of hydrogen-bond donors (Lipinski definition) is 0. The molecule has 0 atom stereocenters. The van der Waals surface area contributed by atoms with Crippen molar-refractivity contribution in [3.63, 3.8) is 0 Å². The molecule has 2 heterocycles. The average molecular weight is 249 g/mol. The molecule has 0 fully saturated rings. The summed E-state index contributed by atoms with van der Waals surface area (Å²) in [6.45, 7) is 8.51. The van der Waals surface area contributed by atoms with Gasteiger partial charge < -0.3 is 9.30 Å². The van der Waals surface area contributed by atoms with Gasteiger partial charge in [-0.05, 0) is 6.92 Å². The summed E-state index contributed by atoms with van der Waals surface area (Å²) in [6, 6.07) is 0.